The van der Waals surface area contributed by atoms with Gasteiger partial charge < -0.3 is 10.1 Å². The number of ether oxygens (including phenoxy) is 1. The number of halogens is 2. The van der Waals surface area contributed by atoms with E-state index in [9.17, 15) is 8.42 Å². The van der Waals surface area contributed by atoms with Crippen LogP contribution < -0.4 is 14.8 Å². The van der Waals surface area contributed by atoms with Gasteiger partial charge in [-0.2, -0.15) is 0 Å². The number of methoxy groups -OCH3 is 1. The molecule has 1 heterocycles. The number of pyridine rings is 1. The van der Waals surface area contributed by atoms with Gasteiger partial charge in [0.25, 0.3) is 0 Å². The van der Waals surface area contributed by atoms with Gasteiger partial charge in [-0.3, -0.25) is 9.88 Å². The summed E-state index contributed by atoms with van der Waals surface area (Å²) in [6.45, 7) is 6.45. The molecule has 10 heteroatoms. The molecule has 0 saturated carbocycles. The maximum Gasteiger partial charge on any atom is 0.242 e. The van der Waals surface area contributed by atoms with E-state index in [0.29, 0.717) is 22.8 Å². The molecule has 0 bridgehead atoms. The number of benzene rings is 2. The van der Waals surface area contributed by atoms with Gasteiger partial charge in [-0.15, -0.1) is 0 Å². The van der Waals surface area contributed by atoms with Gasteiger partial charge in [-0.25, -0.2) is 13.1 Å². The molecule has 1 aromatic heterocycles. The lowest BCUT2D eigenvalue weighted by Crippen LogP contribution is -2.33. The van der Waals surface area contributed by atoms with Crippen LogP contribution in [-0.4, -0.2) is 45.0 Å². The van der Waals surface area contributed by atoms with Crippen LogP contribution in [0.15, 0.2) is 70.3 Å². The number of hydrogen-bond donors (Lipinski definition) is 2. The average molecular weight is 582 g/mol. The van der Waals surface area contributed by atoms with Crippen LogP contribution in [0.25, 0.3) is 0 Å². The Hall–Kier alpha value is -2.17. The zero-order valence-corrected chi connectivity index (χ0v) is 23.1. The van der Waals surface area contributed by atoms with Gasteiger partial charge in [-0.05, 0) is 55.1 Å². The summed E-state index contributed by atoms with van der Waals surface area (Å²) in [7, 11) is -2.18. The lowest BCUT2D eigenvalue weighted by molar-refractivity contribution is 0.227. The van der Waals surface area contributed by atoms with Crippen molar-refractivity contribution in [3.63, 3.8) is 0 Å². The molecule has 0 aliphatic rings. The highest BCUT2D eigenvalue weighted by atomic mass is 79.9. The highest BCUT2D eigenvalue weighted by molar-refractivity contribution is 9.10. The normalized spacial score (nSPS) is 12.5. The van der Waals surface area contributed by atoms with Gasteiger partial charge in [0.2, 0.25) is 10.0 Å². The van der Waals surface area contributed by atoms with Crippen molar-refractivity contribution >= 4 is 43.2 Å². The molecule has 3 rings (SSSR count). The fraction of sp³-hybridized carbons (Fsp3) is 0.320. The molecule has 0 spiro atoms. The summed E-state index contributed by atoms with van der Waals surface area (Å²) in [6.07, 6.45) is 3.11. The first-order chi connectivity index (χ1) is 16.8. The molecule has 7 nitrogen and oxygen atoms in total. The van der Waals surface area contributed by atoms with Crippen molar-refractivity contribution in [2.75, 3.05) is 32.1 Å². The molecule has 0 aliphatic heterocycles. The van der Waals surface area contributed by atoms with Crippen molar-refractivity contribution in [1.29, 1.82) is 0 Å². The molecule has 0 radical (unpaired) electrons. The van der Waals surface area contributed by atoms with E-state index in [1.807, 2.05) is 18.2 Å². The number of aromatic nitrogens is 1. The van der Waals surface area contributed by atoms with Gasteiger partial charge in [0, 0.05) is 40.5 Å². The molecule has 1 atom stereocenters. The molecular formula is C25H30BrClN4O3S. The molecule has 0 amide bonds. The fourth-order valence-corrected chi connectivity index (χ4v) is 5.54. The fourth-order valence-electron chi connectivity index (χ4n) is 3.84. The Bertz CT molecular complexity index is 1240. The first-order valence-corrected chi connectivity index (χ1v) is 13.9. The Labute approximate surface area is 221 Å². The molecule has 188 valence electrons. The maximum atomic E-state index is 13.2. The van der Waals surface area contributed by atoms with E-state index in [-0.39, 0.29) is 17.5 Å². The van der Waals surface area contributed by atoms with Crippen molar-refractivity contribution in [3.05, 3.63) is 81.5 Å². The van der Waals surface area contributed by atoms with E-state index >= 15 is 0 Å². The first kappa shape index (κ1) is 27.4. The number of rotatable bonds is 12. The second-order valence-electron chi connectivity index (χ2n) is 7.83. The van der Waals surface area contributed by atoms with Gasteiger partial charge in [-0.1, -0.05) is 53.5 Å². The number of likely N-dealkylation sites (N-methyl/N-ethyl adjacent to an activating group) is 1. The van der Waals surface area contributed by atoms with Gasteiger partial charge in [0.1, 0.15) is 10.6 Å². The SMILES string of the molecule is CCN(CC)C(CNc1cc(Br)ccc1S(=O)(=O)NCc1cnccc1Cl)c1cccc(OC)c1. The highest BCUT2D eigenvalue weighted by Gasteiger charge is 2.22. The van der Waals surface area contributed by atoms with Crippen LogP contribution >= 0.6 is 27.5 Å². The van der Waals surface area contributed by atoms with Crippen molar-refractivity contribution < 1.29 is 13.2 Å². The largest absolute Gasteiger partial charge is 0.497 e. The second kappa shape index (κ2) is 12.7. The van der Waals surface area contributed by atoms with Crippen molar-refractivity contribution in [2.45, 2.75) is 31.3 Å². The Morgan fingerprint density at radius 1 is 1.14 bits per heavy atom. The minimum Gasteiger partial charge on any atom is -0.497 e. The quantitative estimate of drug-likeness (QED) is 0.295. The van der Waals surface area contributed by atoms with E-state index in [4.69, 9.17) is 16.3 Å². The molecule has 0 fully saturated rings. The van der Waals surface area contributed by atoms with Crippen LogP contribution in [0.1, 0.15) is 31.0 Å². The van der Waals surface area contributed by atoms with E-state index in [0.717, 1.165) is 28.9 Å². The molecular weight excluding hydrogens is 552 g/mol. The molecule has 0 aliphatic carbocycles. The third kappa shape index (κ3) is 7.17. The molecule has 35 heavy (non-hydrogen) atoms. The monoisotopic (exact) mass is 580 g/mol. The lowest BCUT2D eigenvalue weighted by Gasteiger charge is -2.31. The molecule has 2 aromatic carbocycles. The van der Waals surface area contributed by atoms with Crippen molar-refractivity contribution in [1.82, 2.24) is 14.6 Å². The minimum atomic E-state index is -3.83. The summed E-state index contributed by atoms with van der Waals surface area (Å²) in [4.78, 5) is 6.49. The highest BCUT2D eigenvalue weighted by Crippen LogP contribution is 2.29. The van der Waals surface area contributed by atoms with Crippen molar-refractivity contribution in [2.24, 2.45) is 0 Å². The van der Waals surface area contributed by atoms with E-state index in [1.54, 1.807) is 43.8 Å². The summed E-state index contributed by atoms with van der Waals surface area (Å²) in [6, 6.07) is 14.7. The number of nitrogens with zero attached hydrogens (tertiary/aromatic N) is 2. The van der Waals surface area contributed by atoms with Crippen molar-refractivity contribution in [3.8, 4) is 5.75 Å². The standard InChI is InChI=1S/C25H30BrClN4O3S/c1-4-31(5-2)24(18-7-6-8-21(13-18)34-3)17-29-23-14-20(26)9-10-25(23)35(32,33)30-16-19-15-28-12-11-22(19)27/h6-15,24,29-30H,4-5,16-17H2,1-3H3. The zero-order chi connectivity index (χ0) is 25.4. The van der Waals surface area contributed by atoms with E-state index in [1.165, 1.54) is 0 Å². The Morgan fingerprint density at radius 3 is 2.60 bits per heavy atom. The minimum absolute atomic E-state index is 0.0109. The number of anilines is 1. The summed E-state index contributed by atoms with van der Waals surface area (Å²) in [5.74, 6) is 0.781. The average Bonchev–Trinajstić information content (AvgIpc) is 2.86. The van der Waals surface area contributed by atoms with Crippen LogP contribution in [0.2, 0.25) is 5.02 Å². The first-order valence-electron chi connectivity index (χ1n) is 11.3. The van der Waals surface area contributed by atoms with Gasteiger partial charge in [0.15, 0.2) is 0 Å². The van der Waals surface area contributed by atoms with Crippen LogP contribution in [0.4, 0.5) is 5.69 Å². The van der Waals surface area contributed by atoms with Crippen LogP contribution in [0, 0.1) is 0 Å². The Kier molecular flexibility index (Phi) is 9.94. The smallest absolute Gasteiger partial charge is 0.242 e. The van der Waals surface area contributed by atoms with E-state index < -0.39 is 10.0 Å². The van der Waals surface area contributed by atoms with Crippen LogP contribution in [0.3, 0.4) is 0 Å². The third-order valence-corrected chi connectivity index (χ3v) is 8.07. The second-order valence-corrected chi connectivity index (χ2v) is 10.9. The lowest BCUT2D eigenvalue weighted by atomic mass is 10.0. The topological polar surface area (TPSA) is 83.6 Å². The van der Waals surface area contributed by atoms with E-state index in [2.05, 4.69) is 55.8 Å². The number of nitrogens with one attached hydrogen (secondary N) is 2. The number of sulfonamides is 1. The van der Waals surface area contributed by atoms with Crippen LogP contribution in [-0.2, 0) is 16.6 Å². The Balaban J connectivity index is 1.87. The predicted molar refractivity (Wildman–Crippen MR) is 145 cm³/mol. The third-order valence-electron chi connectivity index (χ3n) is 5.75. The Morgan fingerprint density at radius 2 is 1.91 bits per heavy atom. The summed E-state index contributed by atoms with van der Waals surface area (Å²) >= 11 is 9.63. The molecule has 1 unspecified atom stereocenters. The molecule has 3 aromatic rings. The predicted octanol–water partition coefficient (Wildman–Crippen LogP) is 5.48. The van der Waals surface area contributed by atoms with Gasteiger partial charge >= 0.3 is 0 Å². The summed E-state index contributed by atoms with van der Waals surface area (Å²) in [5, 5.41) is 3.84. The summed E-state index contributed by atoms with van der Waals surface area (Å²) < 4.78 is 35.3. The molecule has 0 saturated heterocycles. The molecule has 2 N–H and O–H groups in total. The zero-order valence-electron chi connectivity index (χ0n) is 20.0. The van der Waals surface area contributed by atoms with Crippen LogP contribution in [0.5, 0.6) is 5.75 Å². The van der Waals surface area contributed by atoms with Gasteiger partial charge in [0.05, 0.1) is 18.8 Å². The summed E-state index contributed by atoms with van der Waals surface area (Å²) in [5.41, 5.74) is 2.19. The maximum absolute atomic E-state index is 13.2. The number of hydrogen-bond acceptors (Lipinski definition) is 6.